The molecule has 2 rings (SSSR count). The van der Waals surface area contributed by atoms with Gasteiger partial charge in [0, 0.05) is 32.7 Å². The highest BCUT2D eigenvalue weighted by molar-refractivity contribution is 5.97. The van der Waals surface area contributed by atoms with Crippen molar-refractivity contribution in [3.63, 3.8) is 0 Å². The van der Waals surface area contributed by atoms with E-state index < -0.39 is 201 Å². The first-order chi connectivity index (χ1) is 39.5. The highest BCUT2D eigenvalue weighted by atomic mass is 16.7. The minimum absolute atomic E-state index is 0.219. The van der Waals surface area contributed by atoms with Crippen LogP contribution in [0.2, 0.25) is 0 Å². The molecule has 0 radical (unpaired) electrons. The van der Waals surface area contributed by atoms with Crippen LogP contribution in [0.1, 0.15) is 85.1 Å². The van der Waals surface area contributed by atoms with Crippen molar-refractivity contribution in [1.82, 2.24) is 53.2 Å². The number of rotatable bonds is 37. The average molecular weight is 1200 g/mol. The lowest BCUT2D eigenvalue weighted by molar-refractivity contribution is -0.310. The summed E-state index contributed by atoms with van der Waals surface area (Å²) < 4.78 is 11.2. The van der Waals surface area contributed by atoms with Crippen molar-refractivity contribution in [2.45, 2.75) is 165 Å². The molecule has 1 aromatic rings. The number of ether oxygens (including phenoxy) is 2. The summed E-state index contributed by atoms with van der Waals surface area (Å²) in [6, 6.07) is -1.39. The molecule has 84 heavy (non-hydrogen) atoms. The standard InChI is InChI=1S/C51H81N13O20/c1-6-24(2)40(60-27(5)66)50(82)59-26(4)46(78)58-25(3)45(77)56-20-36(68)55-21-37(69)62-33(18-28-10-8-7-9-11-28)49(81)64-31(13-12-29(19-52)83-51-43(75)42(74)41(73)34(23-65)84-51)47(79)57-22-38(70)61-32(15-17-39(71)72)48(80)63-30(44(54)76)14-16-35(53)67/h7-11,24-26,29-34,40-43,51,65,73-75H,6,12-23,52H2,1-5H3,(H2,53,67)(H2,54,76)(H,55,68)(H,56,77)(H,57,79)(H,58,78)(H,59,82)(H,60,66)(H,61,70)(H,62,69)(H,63,80)(H,64,81)(H,71,72)/t24-,25-,26-,29+,30-,31-,32-,33-,34+,40-,41-,42+,43+,51+/m0/s1. The van der Waals surface area contributed by atoms with E-state index in [0.29, 0.717) is 12.0 Å². The zero-order valence-electron chi connectivity index (χ0n) is 47.3. The molecule has 1 saturated heterocycles. The molecule has 21 N–H and O–H groups in total. The van der Waals surface area contributed by atoms with E-state index in [1.165, 1.54) is 20.8 Å². The van der Waals surface area contributed by atoms with Crippen LogP contribution >= 0.6 is 0 Å². The van der Waals surface area contributed by atoms with Gasteiger partial charge in [-0.3, -0.25) is 62.3 Å². The Labute approximate surface area is 483 Å². The number of hydrogen-bond donors (Lipinski definition) is 18. The van der Waals surface area contributed by atoms with Gasteiger partial charge in [0.2, 0.25) is 70.9 Å². The van der Waals surface area contributed by atoms with Crippen LogP contribution in [-0.2, 0) is 78.2 Å². The molecule has 0 aromatic heterocycles. The topological polar surface area (TPSA) is 540 Å². The van der Waals surface area contributed by atoms with E-state index in [4.69, 9.17) is 26.7 Å². The molecule has 470 valence electrons. The Hall–Kier alpha value is -7.95. The molecular weight excluding hydrogens is 1110 g/mol. The van der Waals surface area contributed by atoms with Crippen molar-refractivity contribution in [2.24, 2.45) is 23.1 Å². The Balaban J connectivity index is 2.29. The number of carboxylic acid groups (broad SMARTS) is 1. The maximum Gasteiger partial charge on any atom is 0.303 e. The minimum atomic E-state index is -1.86. The van der Waals surface area contributed by atoms with Crippen LogP contribution in [0, 0.1) is 5.92 Å². The Bertz CT molecular complexity index is 2440. The molecule has 1 aliphatic rings. The van der Waals surface area contributed by atoms with E-state index in [2.05, 4.69) is 53.2 Å². The fourth-order valence-electron chi connectivity index (χ4n) is 7.98. The lowest BCUT2D eigenvalue weighted by Gasteiger charge is -2.40. The smallest absolute Gasteiger partial charge is 0.303 e. The fraction of sp³-hybridized carbons (Fsp3) is 0.627. The van der Waals surface area contributed by atoms with Crippen LogP contribution in [0.25, 0.3) is 0 Å². The van der Waals surface area contributed by atoms with Crippen LogP contribution in [0.3, 0.4) is 0 Å². The molecule has 0 saturated carbocycles. The maximum atomic E-state index is 14.3. The van der Waals surface area contributed by atoms with Gasteiger partial charge < -0.3 is 105 Å². The summed E-state index contributed by atoms with van der Waals surface area (Å²) in [6.45, 7) is 3.95. The number of amides is 12. The second-order valence-electron chi connectivity index (χ2n) is 19.9. The monoisotopic (exact) mass is 1200 g/mol. The first-order valence-electron chi connectivity index (χ1n) is 26.9. The number of nitrogens with one attached hydrogen (secondary N) is 10. The number of hydrogen-bond acceptors (Lipinski definition) is 20. The predicted molar refractivity (Wildman–Crippen MR) is 291 cm³/mol. The third-order valence-electron chi connectivity index (χ3n) is 13.1. The number of carbonyl (C=O) groups excluding carboxylic acids is 12. The average Bonchev–Trinajstić information content (AvgIpc) is 3.66. The van der Waals surface area contributed by atoms with Gasteiger partial charge in [0.15, 0.2) is 6.29 Å². The van der Waals surface area contributed by atoms with Gasteiger partial charge in [-0.05, 0) is 51.0 Å². The second-order valence-corrected chi connectivity index (χ2v) is 19.9. The minimum Gasteiger partial charge on any atom is -0.481 e. The van der Waals surface area contributed by atoms with Gasteiger partial charge in [-0.2, -0.15) is 0 Å². The molecule has 0 bridgehead atoms. The fourth-order valence-corrected chi connectivity index (χ4v) is 7.98. The molecular formula is C51H81N13O20. The number of aliphatic hydroxyl groups excluding tert-OH is 4. The molecule has 14 atom stereocenters. The van der Waals surface area contributed by atoms with Gasteiger partial charge in [-0.15, -0.1) is 0 Å². The number of aliphatic hydroxyl groups is 4. The first kappa shape index (κ1) is 72.2. The first-order valence-corrected chi connectivity index (χ1v) is 26.9. The van der Waals surface area contributed by atoms with Crippen molar-refractivity contribution in [2.75, 3.05) is 32.8 Å². The quantitative estimate of drug-likeness (QED) is 0.0294. The highest BCUT2D eigenvalue weighted by Gasteiger charge is 2.45. The summed E-state index contributed by atoms with van der Waals surface area (Å²) in [5.41, 5.74) is 16.9. The van der Waals surface area contributed by atoms with Gasteiger partial charge in [0.25, 0.3) is 0 Å². The lowest BCUT2D eigenvalue weighted by Crippen LogP contribution is -2.60. The maximum absolute atomic E-state index is 14.3. The third kappa shape index (κ3) is 25.7. The van der Waals surface area contributed by atoms with Crippen molar-refractivity contribution in [1.29, 1.82) is 0 Å². The van der Waals surface area contributed by atoms with Gasteiger partial charge in [0.05, 0.1) is 32.3 Å². The van der Waals surface area contributed by atoms with E-state index in [1.54, 1.807) is 37.3 Å². The summed E-state index contributed by atoms with van der Waals surface area (Å²) in [5.74, 6) is -12.3. The second kappa shape index (κ2) is 36.6. The van der Waals surface area contributed by atoms with E-state index in [0.717, 1.165) is 0 Å². The largest absolute Gasteiger partial charge is 0.481 e. The number of aliphatic carboxylic acids is 1. The number of carbonyl (C=O) groups is 13. The van der Waals surface area contributed by atoms with Crippen LogP contribution in [-0.4, -0.2) is 214 Å². The van der Waals surface area contributed by atoms with Crippen LogP contribution < -0.4 is 70.4 Å². The van der Waals surface area contributed by atoms with Gasteiger partial charge in [-0.25, -0.2) is 0 Å². The summed E-state index contributed by atoms with van der Waals surface area (Å²) in [7, 11) is 0. The number of carboxylic acids is 1. The van der Waals surface area contributed by atoms with Crippen LogP contribution in [0.4, 0.5) is 0 Å². The highest BCUT2D eigenvalue weighted by Crippen LogP contribution is 2.24. The summed E-state index contributed by atoms with van der Waals surface area (Å²) in [6.07, 6.45) is -11.9. The molecule has 12 amide bonds. The summed E-state index contributed by atoms with van der Waals surface area (Å²) in [4.78, 5) is 166. The number of primary amides is 2. The third-order valence-corrected chi connectivity index (χ3v) is 13.1. The van der Waals surface area contributed by atoms with Gasteiger partial charge >= 0.3 is 5.97 Å². The van der Waals surface area contributed by atoms with Gasteiger partial charge in [0.1, 0.15) is 66.7 Å². The Morgan fingerprint density at radius 1 is 0.595 bits per heavy atom. The van der Waals surface area contributed by atoms with Crippen molar-refractivity contribution in [3.05, 3.63) is 35.9 Å². The van der Waals surface area contributed by atoms with E-state index in [-0.39, 0.29) is 38.1 Å². The molecule has 33 nitrogen and oxygen atoms in total. The molecule has 33 heteroatoms. The molecule has 0 spiro atoms. The van der Waals surface area contributed by atoms with Crippen molar-refractivity contribution < 1.29 is 97.3 Å². The molecule has 1 fully saturated rings. The van der Waals surface area contributed by atoms with Crippen LogP contribution in [0.5, 0.6) is 0 Å². The zero-order valence-corrected chi connectivity index (χ0v) is 47.3. The number of nitrogens with two attached hydrogens (primary N) is 3. The van der Waals surface area contributed by atoms with E-state index in [9.17, 15) is 87.9 Å². The van der Waals surface area contributed by atoms with E-state index >= 15 is 0 Å². The Morgan fingerprint density at radius 3 is 1.70 bits per heavy atom. The molecule has 0 unspecified atom stereocenters. The van der Waals surface area contributed by atoms with Crippen LogP contribution in [0.15, 0.2) is 30.3 Å². The summed E-state index contributed by atoms with van der Waals surface area (Å²) >= 11 is 0. The Kier molecular flexibility index (Phi) is 31.4. The zero-order chi connectivity index (χ0) is 63.4. The van der Waals surface area contributed by atoms with Crippen molar-refractivity contribution in [3.8, 4) is 0 Å². The molecule has 1 aromatic carbocycles. The Morgan fingerprint density at radius 2 is 1.13 bits per heavy atom. The predicted octanol–water partition coefficient (Wildman–Crippen LogP) is -8.38. The molecule has 0 aliphatic carbocycles. The van der Waals surface area contributed by atoms with E-state index in [1.807, 2.05) is 6.92 Å². The molecule has 1 aliphatic heterocycles. The molecule has 1 heterocycles. The SMILES string of the molecule is CC[C@H](C)[C@H](NC(C)=O)C(=O)N[C@@H](C)C(=O)N[C@@H](C)C(=O)NCC(=O)NCC(=O)N[C@@H](Cc1ccccc1)C(=O)N[C@@H](CC[C@H](CN)O[C@@H]1O[C@H](CO)[C@H](O)[C@@H](O)[C@H]1O)C(=O)NCC(=O)N[C@@H](CCC(=O)O)C(=O)N[C@@H](CCC(N)=O)C(N)=O. The normalized spacial score (nSPS) is 19.7. The number of benzene rings is 1. The lowest BCUT2D eigenvalue weighted by atomic mass is 9.98. The van der Waals surface area contributed by atoms with Crippen molar-refractivity contribution >= 4 is 76.9 Å². The summed E-state index contributed by atoms with van der Waals surface area (Å²) in [5, 5.41) is 73.9. The van der Waals surface area contributed by atoms with Gasteiger partial charge in [-0.1, -0.05) is 50.6 Å².